The molecule has 0 aromatic heterocycles. The Morgan fingerprint density at radius 1 is 1.24 bits per heavy atom. The SMILES string of the molecule is CCCCCCC(C)OCCC1CCCC1N. The highest BCUT2D eigenvalue weighted by atomic mass is 16.5. The van der Waals surface area contributed by atoms with Crippen molar-refractivity contribution in [2.45, 2.75) is 83.8 Å². The van der Waals surface area contributed by atoms with Crippen LogP contribution in [0.5, 0.6) is 0 Å². The molecule has 102 valence electrons. The Balaban J connectivity index is 1.94. The van der Waals surface area contributed by atoms with E-state index in [4.69, 9.17) is 10.5 Å². The minimum Gasteiger partial charge on any atom is -0.378 e. The van der Waals surface area contributed by atoms with Gasteiger partial charge in [0, 0.05) is 12.6 Å². The Labute approximate surface area is 107 Å². The third-order valence-electron chi connectivity index (χ3n) is 4.07. The molecule has 0 heterocycles. The zero-order chi connectivity index (χ0) is 12.5. The smallest absolute Gasteiger partial charge is 0.0547 e. The van der Waals surface area contributed by atoms with E-state index in [-0.39, 0.29) is 0 Å². The standard InChI is InChI=1S/C15H31NO/c1-3-4-5-6-8-13(2)17-12-11-14-9-7-10-15(14)16/h13-15H,3-12,16H2,1-2H3. The molecule has 1 saturated carbocycles. The molecule has 0 radical (unpaired) electrons. The molecule has 1 rings (SSSR count). The lowest BCUT2D eigenvalue weighted by Crippen LogP contribution is -2.25. The molecule has 3 unspecified atom stereocenters. The van der Waals surface area contributed by atoms with Gasteiger partial charge >= 0.3 is 0 Å². The third kappa shape index (κ3) is 6.42. The second-order valence-electron chi connectivity index (χ2n) is 5.67. The van der Waals surface area contributed by atoms with E-state index in [9.17, 15) is 0 Å². The van der Waals surface area contributed by atoms with Crippen LogP contribution in [-0.4, -0.2) is 18.8 Å². The zero-order valence-corrected chi connectivity index (χ0v) is 11.8. The summed E-state index contributed by atoms with van der Waals surface area (Å²) in [6, 6.07) is 0.443. The number of rotatable bonds is 9. The van der Waals surface area contributed by atoms with Crippen LogP contribution in [0.3, 0.4) is 0 Å². The largest absolute Gasteiger partial charge is 0.378 e. The Morgan fingerprint density at radius 3 is 2.71 bits per heavy atom. The quantitative estimate of drug-likeness (QED) is 0.622. The minimum absolute atomic E-state index is 0.435. The van der Waals surface area contributed by atoms with Gasteiger partial charge in [-0.25, -0.2) is 0 Å². The summed E-state index contributed by atoms with van der Waals surface area (Å²) in [6.07, 6.45) is 12.0. The van der Waals surface area contributed by atoms with E-state index in [0.29, 0.717) is 12.1 Å². The van der Waals surface area contributed by atoms with Crippen LogP contribution in [-0.2, 0) is 4.74 Å². The van der Waals surface area contributed by atoms with Gasteiger partial charge in [0.1, 0.15) is 0 Å². The topological polar surface area (TPSA) is 35.2 Å². The number of hydrogen-bond acceptors (Lipinski definition) is 2. The molecule has 0 aromatic carbocycles. The molecular weight excluding hydrogens is 210 g/mol. The molecule has 1 aliphatic rings. The fraction of sp³-hybridized carbons (Fsp3) is 1.00. The summed E-state index contributed by atoms with van der Waals surface area (Å²) in [4.78, 5) is 0. The summed E-state index contributed by atoms with van der Waals surface area (Å²) in [6.45, 7) is 5.37. The summed E-state index contributed by atoms with van der Waals surface area (Å²) in [5, 5.41) is 0. The lowest BCUT2D eigenvalue weighted by molar-refractivity contribution is 0.0488. The molecule has 2 N–H and O–H groups in total. The van der Waals surface area contributed by atoms with E-state index in [0.717, 1.165) is 12.5 Å². The molecule has 0 saturated heterocycles. The van der Waals surface area contributed by atoms with Crippen LogP contribution in [0.4, 0.5) is 0 Å². The van der Waals surface area contributed by atoms with E-state index in [1.54, 1.807) is 0 Å². The van der Waals surface area contributed by atoms with E-state index in [1.807, 2.05) is 0 Å². The van der Waals surface area contributed by atoms with E-state index < -0.39 is 0 Å². The van der Waals surface area contributed by atoms with Crippen LogP contribution in [0.1, 0.15) is 71.6 Å². The van der Waals surface area contributed by atoms with Crippen LogP contribution in [0.2, 0.25) is 0 Å². The minimum atomic E-state index is 0.435. The molecule has 0 aromatic rings. The summed E-state index contributed by atoms with van der Waals surface area (Å²) in [7, 11) is 0. The summed E-state index contributed by atoms with van der Waals surface area (Å²) < 4.78 is 5.88. The molecule has 1 fully saturated rings. The molecule has 2 nitrogen and oxygen atoms in total. The maximum Gasteiger partial charge on any atom is 0.0547 e. The van der Waals surface area contributed by atoms with Crippen molar-refractivity contribution in [1.82, 2.24) is 0 Å². The van der Waals surface area contributed by atoms with Crippen LogP contribution in [0.25, 0.3) is 0 Å². The molecule has 0 bridgehead atoms. The molecule has 17 heavy (non-hydrogen) atoms. The second kappa shape index (κ2) is 8.93. The van der Waals surface area contributed by atoms with Crippen molar-refractivity contribution in [2.24, 2.45) is 11.7 Å². The first-order valence-electron chi connectivity index (χ1n) is 7.61. The number of nitrogens with two attached hydrogens (primary N) is 1. The van der Waals surface area contributed by atoms with E-state index in [1.165, 1.54) is 57.8 Å². The second-order valence-corrected chi connectivity index (χ2v) is 5.67. The fourth-order valence-corrected chi connectivity index (χ4v) is 2.79. The summed E-state index contributed by atoms with van der Waals surface area (Å²) >= 11 is 0. The van der Waals surface area contributed by atoms with Crippen molar-refractivity contribution in [3.05, 3.63) is 0 Å². The van der Waals surface area contributed by atoms with Gasteiger partial charge < -0.3 is 10.5 Å². The Hall–Kier alpha value is -0.0800. The molecule has 0 aliphatic heterocycles. The number of ether oxygens (including phenoxy) is 1. The van der Waals surface area contributed by atoms with Crippen molar-refractivity contribution < 1.29 is 4.74 Å². The van der Waals surface area contributed by atoms with Crippen molar-refractivity contribution in [3.8, 4) is 0 Å². The molecule has 2 heteroatoms. The van der Waals surface area contributed by atoms with Gasteiger partial charge in [0.25, 0.3) is 0 Å². The fourth-order valence-electron chi connectivity index (χ4n) is 2.79. The molecule has 1 aliphatic carbocycles. The lowest BCUT2D eigenvalue weighted by atomic mass is 10.0. The maximum atomic E-state index is 6.05. The Bertz CT molecular complexity index is 184. The zero-order valence-electron chi connectivity index (χ0n) is 11.8. The number of hydrogen-bond donors (Lipinski definition) is 1. The first kappa shape index (κ1) is 15.0. The lowest BCUT2D eigenvalue weighted by Gasteiger charge is -2.17. The van der Waals surface area contributed by atoms with Crippen LogP contribution < -0.4 is 5.73 Å². The van der Waals surface area contributed by atoms with Gasteiger partial charge in [-0.3, -0.25) is 0 Å². The van der Waals surface area contributed by atoms with E-state index >= 15 is 0 Å². The highest BCUT2D eigenvalue weighted by Gasteiger charge is 2.23. The molecule has 3 atom stereocenters. The van der Waals surface area contributed by atoms with Crippen LogP contribution in [0, 0.1) is 5.92 Å². The molecule has 0 spiro atoms. The predicted molar refractivity (Wildman–Crippen MR) is 74.1 cm³/mol. The normalized spacial score (nSPS) is 26.3. The van der Waals surface area contributed by atoms with Crippen molar-refractivity contribution >= 4 is 0 Å². The highest BCUT2D eigenvalue weighted by molar-refractivity contribution is 4.79. The van der Waals surface area contributed by atoms with Gasteiger partial charge in [-0.2, -0.15) is 0 Å². The average Bonchev–Trinajstić information content (AvgIpc) is 2.71. The first-order valence-corrected chi connectivity index (χ1v) is 7.61. The maximum absolute atomic E-state index is 6.05. The van der Waals surface area contributed by atoms with Crippen molar-refractivity contribution in [2.75, 3.05) is 6.61 Å². The average molecular weight is 241 g/mol. The van der Waals surface area contributed by atoms with Gasteiger partial charge in [0.05, 0.1) is 6.10 Å². The van der Waals surface area contributed by atoms with Crippen molar-refractivity contribution in [3.63, 3.8) is 0 Å². The monoisotopic (exact) mass is 241 g/mol. The van der Waals surface area contributed by atoms with E-state index in [2.05, 4.69) is 13.8 Å². The van der Waals surface area contributed by atoms with Crippen molar-refractivity contribution in [1.29, 1.82) is 0 Å². The number of unbranched alkanes of at least 4 members (excludes halogenated alkanes) is 3. The van der Waals surface area contributed by atoms with Gasteiger partial charge in [0.15, 0.2) is 0 Å². The summed E-state index contributed by atoms with van der Waals surface area (Å²) in [5.74, 6) is 0.724. The molecular formula is C15H31NO. The van der Waals surface area contributed by atoms with Gasteiger partial charge in [-0.15, -0.1) is 0 Å². The van der Waals surface area contributed by atoms with Gasteiger partial charge in [-0.1, -0.05) is 39.0 Å². The molecule has 0 amide bonds. The Morgan fingerprint density at radius 2 is 2.06 bits per heavy atom. The van der Waals surface area contributed by atoms with Gasteiger partial charge in [0.2, 0.25) is 0 Å². The van der Waals surface area contributed by atoms with Crippen LogP contribution >= 0.6 is 0 Å². The van der Waals surface area contributed by atoms with Gasteiger partial charge in [-0.05, 0) is 38.5 Å². The predicted octanol–water partition coefficient (Wildman–Crippen LogP) is 3.88. The first-order chi connectivity index (χ1) is 8.24. The highest BCUT2D eigenvalue weighted by Crippen LogP contribution is 2.26. The third-order valence-corrected chi connectivity index (χ3v) is 4.07. The summed E-state index contributed by atoms with van der Waals surface area (Å²) in [5.41, 5.74) is 6.05. The van der Waals surface area contributed by atoms with Crippen LogP contribution in [0.15, 0.2) is 0 Å². The Kier molecular flexibility index (Phi) is 7.87.